The zero-order chi connectivity index (χ0) is 13.1. The molecule has 1 heterocycles. The normalized spacial score (nSPS) is 19.5. The van der Waals surface area contributed by atoms with Gasteiger partial charge in [0.25, 0.3) is 0 Å². The molecule has 0 bridgehead atoms. The van der Waals surface area contributed by atoms with Gasteiger partial charge in [0.15, 0.2) is 5.75 Å². The summed E-state index contributed by atoms with van der Waals surface area (Å²) in [5.74, 6) is -0.366. The van der Waals surface area contributed by atoms with Gasteiger partial charge in [0, 0.05) is 12.6 Å². The van der Waals surface area contributed by atoms with Gasteiger partial charge in [0.1, 0.15) is 0 Å². The quantitative estimate of drug-likeness (QED) is 0.616. The van der Waals surface area contributed by atoms with Crippen molar-refractivity contribution in [2.75, 3.05) is 26.9 Å². The highest BCUT2D eigenvalue weighted by Gasteiger charge is 2.24. The molecule has 1 saturated heterocycles. The molecule has 2 rings (SSSR count). The van der Waals surface area contributed by atoms with Crippen molar-refractivity contribution in [3.05, 3.63) is 27.8 Å². The highest BCUT2D eigenvalue weighted by Crippen LogP contribution is 2.38. The van der Waals surface area contributed by atoms with Crippen LogP contribution in [0.3, 0.4) is 0 Å². The molecule has 0 spiro atoms. The van der Waals surface area contributed by atoms with Gasteiger partial charge in [-0.15, -0.1) is 0 Å². The van der Waals surface area contributed by atoms with Gasteiger partial charge < -0.3 is 19.9 Å². The molecular formula is C11H14N2O5. The maximum Gasteiger partial charge on any atom is 0.314 e. The van der Waals surface area contributed by atoms with E-state index >= 15 is 0 Å². The molecular weight excluding hydrogens is 240 g/mol. The van der Waals surface area contributed by atoms with Crippen LogP contribution in [0.5, 0.6) is 11.5 Å². The predicted molar refractivity (Wildman–Crippen MR) is 62.9 cm³/mol. The summed E-state index contributed by atoms with van der Waals surface area (Å²) >= 11 is 0. The summed E-state index contributed by atoms with van der Waals surface area (Å²) in [6.07, 6.45) is 0. The molecule has 1 fully saturated rings. The second-order valence-electron chi connectivity index (χ2n) is 3.93. The smallest absolute Gasteiger partial charge is 0.314 e. The van der Waals surface area contributed by atoms with Crippen LogP contribution in [-0.4, -0.2) is 36.9 Å². The van der Waals surface area contributed by atoms with Gasteiger partial charge in [-0.25, -0.2) is 0 Å². The largest absolute Gasteiger partial charge is 0.500 e. The second kappa shape index (κ2) is 5.19. The van der Waals surface area contributed by atoms with E-state index in [9.17, 15) is 15.2 Å². The predicted octanol–water partition coefficient (Wildman–Crippen LogP) is 0.970. The van der Waals surface area contributed by atoms with Gasteiger partial charge in [-0.3, -0.25) is 10.1 Å². The van der Waals surface area contributed by atoms with E-state index in [-0.39, 0.29) is 17.5 Å². The number of nitrogens with zero attached hydrogens (tertiary/aromatic N) is 1. The number of aromatic hydroxyl groups is 1. The van der Waals surface area contributed by atoms with Crippen LogP contribution in [0.1, 0.15) is 11.6 Å². The summed E-state index contributed by atoms with van der Waals surface area (Å²) in [5.41, 5.74) is 0.299. The average molecular weight is 254 g/mol. The lowest BCUT2D eigenvalue weighted by molar-refractivity contribution is -0.386. The standard InChI is InChI=1S/C11H14N2O5/c1-17-10-5-7(8-6-18-3-2-12-8)4-9(11(10)14)13(15)16/h4-5,8,12,14H,2-3,6H2,1H3/t8-/m0/s1. The Hall–Kier alpha value is -1.86. The number of phenols is 1. The summed E-state index contributed by atoms with van der Waals surface area (Å²) in [4.78, 5) is 10.2. The molecule has 1 aromatic carbocycles. The molecule has 18 heavy (non-hydrogen) atoms. The van der Waals surface area contributed by atoms with E-state index in [0.29, 0.717) is 25.3 Å². The van der Waals surface area contributed by atoms with Crippen LogP contribution >= 0.6 is 0 Å². The number of phenolic OH excluding ortho intramolecular Hbond substituents is 1. The Morgan fingerprint density at radius 1 is 1.61 bits per heavy atom. The number of ether oxygens (including phenoxy) is 2. The first-order chi connectivity index (χ1) is 8.63. The minimum Gasteiger partial charge on any atom is -0.500 e. The highest BCUT2D eigenvalue weighted by atomic mass is 16.6. The van der Waals surface area contributed by atoms with Gasteiger partial charge >= 0.3 is 5.69 Å². The van der Waals surface area contributed by atoms with E-state index in [4.69, 9.17) is 9.47 Å². The summed E-state index contributed by atoms with van der Waals surface area (Å²) in [6.45, 7) is 1.74. The first-order valence-electron chi connectivity index (χ1n) is 5.50. The summed E-state index contributed by atoms with van der Waals surface area (Å²) < 4.78 is 10.2. The van der Waals surface area contributed by atoms with Crippen molar-refractivity contribution in [2.45, 2.75) is 6.04 Å². The first kappa shape index (κ1) is 12.6. The third-order valence-electron chi connectivity index (χ3n) is 2.82. The monoisotopic (exact) mass is 254 g/mol. The van der Waals surface area contributed by atoms with Gasteiger partial charge in [0.2, 0.25) is 5.75 Å². The van der Waals surface area contributed by atoms with Crippen LogP contribution in [0.2, 0.25) is 0 Å². The minimum atomic E-state index is -0.634. The van der Waals surface area contributed by atoms with Crippen molar-refractivity contribution in [3.8, 4) is 11.5 Å². The van der Waals surface area contributed by atoms with Crippen LogP contribution in [0.4, 0.5) is 5.69 Å². The van der Waals surface area contributed by atoms with Crippen molar-refractivity contribution < 1.29 is 19.5 Å². The Kier molecular flexibility index (Phi) is 3.63. The zero-order valence-corrected chi connectivity index (χ0v) is 9.88. The number of methoxy groups -OCH3 is 1. The number of hydrogen-bond acceptors (Lipinski definition) is 6. The molecule has 1 aliphatic heterocycles. The second-order valence-corrected chi connectivity index (χ2v) is 3.93. The number of hydrogen-bond donors (Lipinski definition) is 2. The average Bonchev–Trinajstić information content (AvgIpc) is 2.39. The Labute approximate surface area is 103 Å². The molecule has 98 valence electrons. The molecule has 1 aliphatic rings. The summed E-state index contributed by atoms with van der Waals surface area (Å²) in [7, 11) is 1.35. The van der Waals surface area contributed by atoms with Crippen molar-refractivity contribution >= 4 is 5.69 Å². The third-order valence-corrected chi connectivity index (χ3v) is 2.82. The van der Waals surface area contributed by atoms with E-state index in [0.717, 1.165) is 0 Å². The minimum absolute atomic E-state index is 0.0894. The van der Waals surface area contributed by atoms with Gasteiger partial charge in [-0.2, -0.15) is 0 Å². The lowest BCUT2D eigenvalue weighted by Gasteiger charge is -2.24. The third kappa shape index (κ3) is 2.36. The molecule has 2 N–H and O–H groups in total. The van der Waals surface area contributed by atoms with E-state index in [1.165, 1.54) is 13.2 Å². The lowest BCUT2D eigenvalue weighted by atomic mass is 10.0. The zero-order valence-electron chi connectivity index (χ0n) is 9.88. The number of nitro benzene ring substituents is 1. The van der Waals surface area contributed by atoms with Crippen LogP contribution in [0.15, 0.2) is 12.1 Å². The molecule has 0 aromatic heterocycles. The molecule has 1 atom stereocenters. The Balaban J connectivity index is 2.41. The fourth-order valence-corrected chi connectivity index (χ4v) is 1.89. The molecule has 0 amide bonds. The topological polar surface area (TPSA) is 93.9 Å². The maximum absolute atomic E-state index is 10.9. The lowest BCUT2D eigenvalue weighted by Crippen LogP contribution is -2.34. The van der Waals surface area contributed by atoms with Gasteiger partial charge in [-0.05, 0) is 11.6 Å². The number of nitrogens with one attached hydrogen (secondary N) is 1. The summed E-state index contributed by atoms with van der Waals surface area (Å²) in [6, 6.07) is 2.78. The van der Waals surface area contributed by atoms with Crippen molar-refractivity contribution in [1.82, 2.24) is 5.32 Å². The Morgan fingerprint density at radius 3 is 2.94 bits per heavy atom. The molecule has 7 heteroatoms. The van der Waals surface area contributed by atoms with E-state index in [1.807, 2.05) is 0 Å². The fraction of sp³-hybridized carbons (Fsp3) is 0.455. The Bertz CT molecular complexity index is 457. The van der Waals surface area contributed by atoms with E-state index < -0.39 is 10.7 Å². The van der Waals surface area contributed by atoms with Crippen LogP contribution in [-0.2, 0) is 4.74 Å². The fourth-order valence-electron chi connectivity index (χ4n) is 1.89. The Morgan fingerprint density at radius 2 is 2.39 bits per heavy atom. The van der Waals surface area contributed by atoms with Crippen molar-refractivity contribution in [3.63, 3.8) is 0 Å². The number of rotatable bonds is 3. The number of benzene rings is 1. The molecule has 0 radical (unpaired) electrons. The van der Waals surface area contributed by atoms with Gasteiger partial charge in [0.05, 0.1) is 31.3 Å². The molecule has 0 aliphatic carbocycles. The maximum atomic E-state index is 10.9. The number of morpholine rings is 1. The molecule has 0 unspecified atom stereocenters. The van der Waals surface area contributed by atoms with Crippen LogP contribution in [0.25, 0.3) is 0 Å². The SMILES string of the molecule is COc1cc([C@@H]2COCCN2)cc([N+](=O)[O-])c1O. The van der Waals surface area contributed by atoms with E-state index in [2.05, 4.69) is 5.32 Å². The van der Waals surface area contributed by atoms with Crippen molar-refractivity contribution in [1.29, 1.82) is 0 Å². The summed E-state index contributed by atoms with van der Waals surface area (Å²) in [5, 5.41) is 23.7. The van der Waals surface area contributed by atoms with Crippen LogP contribution in [0, 0.1) is 10.1 Å². The van der Waals surface area contributed by atoms with Crippen molar-refractivity contribution in [2.24, 2.45) is 0 Å². The molecule has 1 aromatic rings. The van der Waals surface area contributed by atoms with E-state index in [1.54, 1.807) is 6.07 Å². The van der Waals surface area contributed by atoms with Crippen LogP contribution < -0.4 is 10.1 Å². The first-order valence-corrected chi connectivity index (χ1v) is 5.50. The number of nitro groups is 1. The van der Waals surface area contributed by atoms with Gasteiger partial charge in [-0.1, -0.05) is 0 Å². The highest BCUT2D eigenvalue weighted by molar-refractivity contribution is 5.57. The molecule has 0 saturated carbocycles. The molecule has 7 nitrogen and oxygen atoms in total.